The Labute approximate surface area is 132 Å². The van der Waals surface area contributed by atoms with Crippen molar-refractivity contribution in [1.29, 1.82) is 0 Å². The first kappa shape index (κ1) is 15.2. The lowest BCUT2D eigenvalue weighted by atomic mass is 10.1. The van der Waals surface area contributed by atoms with E-state index < -0.39 is 10.0 Å². The number of hydrogen-bond donors (Lipinski definition) is 1. The van der Waals surface area contributed by atoms with Crippen molar-refractivity contribution in [1.82, 2.24) is 14.3 Å². The molecule has 0 amide bonds. The minimum Gasteiger partial charge on any atom is -0.284 e. The Morgan fingerprint density at radius 2 is 1.70 bits per heavy atom. The van der Waals surface area contributed by atoms with Crippen LogP contribution in [0.5, 0.6) is 0 Å². The zero-order valence-corrected chi connectivity index (χ0v) is 13.1. The molecule has 0 bridgehead atoms. The topological polar surface area (TPSA) is 100.0 Å². The molecule has 118 valence electrons. The van der Waals surface area contributed by atoms with Crippen LogP contribution in [0.2, 0.25) is 0 Å². The van der Waals surface area contributed by atoms with Crippen LogP contribution in [0.1, 0.15) is 0 Å². The smallest absolute Gasteiger partial charge is 0.255 e. The van der Waals surface area contributed by atoms with Gasteiger partial charge in [-0.2, -0.15) is 5.10 Å². The van der Waals surface area contributed by atoms with E-state index in [4.69, 9.17) is 5.14 Å². The number of sulfonamides is 1. The van der Waals surface area contributed by atoms with Crippen LogP contribution in [0.25, 0.3) is 16.8 Å². The van der Waals surface area contributed by atoms with Crippen LogP contribution >= 0.6 is 0 Å². The Hall–Kier alpha value is -2.71. The molecule has 2 aromatic heterocycles. The molecule has 3 aromatic rings. The Balaban J connectivity index is 2.07. The fourth-order valence-corrected chi connectivity index (χ4v) is 2.74. The SMILES string of the molecule is Cn1cc(-c2ccc(=O)n(-c3ccc(S(N)(=O)=O)cc3)c2)cn1. The fraction of sp³-hybridized carbons (Fsp3) is 0.0667. The molecule has 3 rings (SSSR count). The number of primary sulfonamides is 1. The van der Waals surface area contributed by atoms with Gasteiger partial charge < -0.3 is 0 Å². The Morgan fingerprint density at radius 3 is 2.26 bits per heavy atom. The van der Waals surface area contributed by atoms with E-state index in [9.17, 15) is 13.2 Å². The molecule has 0 fully saturated rings. The summed E-state index contributed by atoms with van der Waals surface area (Å²) < 4.78 is 25.7. The summed E-state index contributed by atoms with van der Waals surface area (Å²) in [6.45, 7) is 0. The second-order valence-electron chi connectivity index (χ2n) is 5.07. The summed E-state index contributed by atoms with van der Waals surface area (Å²) >= 11 is 0. The van der Waals surface area contributed by atoms with Crippen LogP contribution in [0.4, 0.5) is 0 Å². The first-order valence-electron chi connectivity index (χ1n) is 6.69. The van der Waals surface area contributed by atoms with Crippen molar-refractivity contribution in [3.05, 3.63) is 65.3 Å². The van der Waals surface area contributed by atoms with E-state index in [2.05, 4.69) is 5.10 Å². The fourth-order valence-electron chi connectivity index (χ4n) is 2.23. The van der Waals surface area contributed by atoms with Gasteiger partial charge in [0.2, 0.25) is 10.0 Å². The number of hydrogen-bond acceptors (Lipinski definition) is 4. The first-order valence-corrected chi connectivity index (χ1v) is 8.24. The highest BCUT2D eigenvalue weighted by molar-refractivity contribution is 7.89. The quantitative estimate of drug-likeness (QED) is 0.770. The molecule has 0 aliphatic rings. The van der Waals surface area contributed by atoms with E-state index in [0.29, 0.717) is 5.69 Å². The maximum absolute atomic E-state index is 12.1. The van der Waals surface area contributed by atoms with Gasteiger partial charge in [0.05, 0.1) is 11.1 Å². The molecule has 0 atom stereocenters. The number of aromatic nitrogens is 3. The lowest BCUT2D eigenvalue weighted by molar-refractivity contribution is 0.598. The molecule has 0 aliphatic heterocycles. The molecule has 7 nitrogen and oxygen atoms in total. The van der Waals surface area contributed by atoms with Crippen molar-refractivity contribution < 1.29 is 8.42 Å². The third-order valence-electron chi connectivity index (χ3n) is 3.39. The van der Waals surface area contributed by atoms with Crippen LogP contribution in [0.3, 0.4) is 0 Å². The van der Waals surface area contributed by atoms with Gasteiger partial charge in [-0.15, -0.1) is 0 Å². The Bertz CT molecular complexity index is 1020. The van der Waals surface area contributed by atoms with Crippen LogP contribution < -0.4 is 10.7 Å². The van der Waals surface area contributed by atoms with Gasteiger partial charge in [-0.1, -0.05) is 0 Å². The second-order valence-corrected chi connectivity index (χ2v) is 6.63. The molecular formula is C15H14N4O3S. The van der Waals surface area contributed by atoms with Gasteiger partial charge >= 0.3 is 0 Å². The number of aryl methyl sites for hydroxylation is 1. The minimum atomic E-state index is -3.76. The monoisotopic (exact) mass is 330 g/mol. The van der Waals surface area contributed by atoms with Gasteiger partial charge in [-0.05, 0) is 30.3 Å². The predicted octanol–water partition coefficient (Wildman–Crippen LogP) is 0.885. The molecule has 23 heavy (non-hydrogen) atoms. The molecule has 1 aromatic carbocycles. The van der Waals surface area contributed by atoms with Gasteiger partial charge in [0.15, 0.2) is 0 Å². The summed E-state index contributed by atoms with van der Waals surface area (Å²) in [6.07, 6.45) is 5.23. The number of benzene rings is 1. The molecule has 8 heteroatoms. The van der Waals surface area contributed by atoms with Gasteiger partial charge in [0.25, 0.3) is 5.56 Å². The average Bonchev–Trinajstić information content (AvgIpc) is 2.94. The highest BCUT2D eigenvalue weighted by Crippen LogP contribution is 2.18. The van der Waals surface area contributed by atoms with Crippen molar-refractivity contribution in [3.63, 3.8) is 0 Å². The van der Waals surface area contributed by atoms with Crippen LogP contribution in [0, 0.1) is 0 Å². The van der Waals surface area contributed by atoms with Crippen molar-refractivity contribution in [2.45, 2.75) is 4.90 Å². The number of nitrogens with two attached hydrogens (primary N) is 1. The van der Waals surface area contributed by atoms with E-state index in [-0.39, 0.29) is 10.5 Å². The van der Waals surface area contributed by atoms with Gasteiger partial charge in [-0.25, -0.2) is 13.6 Å². The largest absolute Gasteiger partial charge is 0.284 e. The molecular weight excluding hydrogens is 316 g/mol. The maximum Gasteiger partial charge on any atom is 0.255 e. The van der Waals surface area contributed by atoms with E-state index in [1.54, 1.807) is 23.1 Å². The highest BCUT2D eigenvalue weighted by atomic mass is 32.2. The number of pyridine rings is 1. The first-order chi connectivity index (χ1) is 10.8. The lowest BCUT2D eigenvalue weighted by Gasteiger charge is -2.08. The van der Waals surface area contributed by atoms with E-state index in [0.717, 1.165) is 11.1 Å². The minimum absolute atomic E-state index is 0.00212. The molecule has 0 spiro atoms. The lowest BCUT2D eigenvalue weighted by Crippen LogP contribution is -2.17. The van der Waals surface area contributed by atoms with Gasteiger partial charge in [-0.3, -0.25) is 14.0 Å². The molecule has 2 N–H and O–H groups in total. The van der Waals surface area contributed by atoms with E-state index in [1.165, 1.54) is 34.9 Å². The van der Waals surface area contributed by atoms with Crippen molar-refractivity contribution in [3.8, 4) is 16.8 Å². The summed E-state index contributed by atoms with van der Waals surface area (Å²) in [5, 5.41) is 9.18. The Morgan fingerprint density at radius 1 is 1.00 bits per heavy atom. The van der Waals surface area contributed by atoms with Crippen LogP contribution in [-0.4, -0.2) is 22.8 Å². The summed E-state index contributed by atoms with van der Waals surface area (Å²) in [5.41, 5.74) is 2.03. The molecule has 0 radical (unpaired) electrons. The van der Waals surface area contributed by atoms with Crippen LogP contribution in [0.15, 0.2) is 64.7 Å². The molecule has 0 aliphatic carbocycles. The second kappa shape index (κ2) is 5.49. The van der Waals surface area contributed by atoms with E-state index >= 15 is 0 Å². The zero-order chi connectivity index (χ0) is 16.6. The molecule has 0 saturated carbocycles. The third kappa shape index (κ3) is 3.08. The van der Waals surface area contributed by atoms with Crippen molar-refractivity contribution >= 4 is 10.0 Å². The normalized spacial score (nSPS) is 11.6. The molecule has 0 saturated heterocycles. The number of nitrogens with zero attached hydrogens (tertiary/aromatic N) is 3. The zero-order valence-electron chi connectivity index (χ0n) is 12.2. The van der Waals surface area contributed by atoms with Gasteiger partial charge in [0.1, 0.15) is 0 Å². The van der Waals surface area contributed by atoms with E-state index in [1.807, 2.05) is 13.2 Å². The average molecular weight is 330 g/mol. The molecule has 2 heterocycles. The highest BCUT2D eigenvalue weighted by Gasteiger charge is 2.09. The summed E-state index contributed by atoms with van der Waals surface area (Å²) in [6, 6.07) is 8.98. The maximum atomic E-state index is 12.1. The van der Waals surface area contributed by atoms with Crippen molar-refractivity contribution in [2.24, 2.45) is 12.2 Å². The predicted molar refractivity (Wildman–Crippen MR) is 85.6 cm³/mol. The summed E-state index contributed by atoms with van der Waals surface area (Å²) in [7, 11) is -1.95. The summed E-state index contributed by atoms with van der Waals surface area (Å²) in [4.78, 5) is 12.1. The molecule has 0 unspecified atom stereocenters. The third-order valence-corrected chi connectivity index (χ3v) is 4.32. The number of rotatable bonds is 3. The van der Waals surface area contributed by atoms with Crippen LogP contribution in [-0.2, 0) is 17.1 Å². The summed E-state index contributed by atoms with van der Waals surface area (Å²) in [5.74, 6) is 0. The standard InChI is InChI=1S/C15H14N4O3S/c1-18-9-12(8-17-18)11-2-7-15(20)19(10-11)13-3-5-14(6-4-13)23(16,21)22/h2-10H,1H3,(H2,16,21,22). The van der Waals surface area contributed by atoms with Crippen molar-refractivity contribution in [2.75, 3.05) is 0 Å². The Kier molecular flexibility index (Phi) is 3.63. The van der Waals surface area contributed by atoms with Gasteiger partial charge in [0, 0.05) is 42.3 Å².